The van der Waals surface area contributed by atoms with Gasteiger partial charge in [-0.3, -0.25) is 0 Å². The quantitative estimate of drug-likeness (QED) is 0.205. The molecular weight excluding hydrogens is 676 g/mol. The maximum atomic E-state index is 11.5. The maximum Gasteiger partial charge on any atom is 0.197 e. The van der Waals surface area contributed by atoms with Crippen molar-refractivity contribution in [3.05, 3.63) is 0 Å². The molecule has 8 fully saturated rings. The Labute approximate surface area is 307 Å². The summed E-state index contributed by atoms with van der Waals surface area (Å²) in [5, 5.41) is 76.0. The number of aliphatic hydroxyl groups excluding tert-OH is 7. The summed E-state index contributed by atoms with van der Waals surface area (Å²) in [6.45, 7) is 13.0. The predicted octanol–water partition coefficient (Wildman–Crippen LogP) is 1.44. The molecule has 0 amide bonds. The number of hydrogen-bond acceptors (Lipinski definition) is 13. The lowest BCUT2D eigenvalue weighted by molar-refractivity contribution is -0.361. The van der Waals surface area contributed by atoms with Crippen LogP contribution in [0.25, 0.3) is 0 Å². The Hall–Kier alpha value is -0.520. The Kier molecular flexibility index (Phi) is 10.0. The predicted molar refractivity (Wildman–Crippen MR) is 183 cm³/mol. The van der Waals surface area contributed by atoms with Crippen LogP contribution in [0.5, 0.6) is 0 Å². The molecule has 4 aliphatic heterocycles. The number of hydrogen-bond donors (Lipinski definition) is 7. The molecule has 4 saturated carbocycles. The van der Waals surface area contributed by atoms with Gasteiger partial charge in [0, 0.05) is 5.92 Å². The van der Waals surface area contributed by atoms with E-state index in [1.54, 1.807) is 13.8 Å². The number of ether oxygens (including phenoxy) is 6. The molecule has 4 saturated heterocycles. The standard InChI is InChI=1S/C39H64O13/c1-16-11-27(41)39(47-15-16)17(2)28-26(52-39)14-23-21-13-25(24-12-20(40)7-9-37(24,5)22(21)8-10-38(23,28)6)50-35-33(46)31(44)34(19(4)49-35)51-36-32(45)30(43)29(42)18(3)48-36/h16-36,40-46H,7-15H2,1-6H3/t16?,17?,18-,19+,20?,21?,22?,23?,24?,25?,26?,27?,28?,29-,30+,31+,32+,33+,34+,35-,36-,37?,38?,39?/m0/s1. The molecule has 24 atom stereocenters. The normalized spacial score (nSPS) is 61.9. The van der Waals surface area contributed by atoms with Crippen molar-refractivity contribution in [3.63, 3.8) is 0 Å². The Bertz CT molecular complexity index is 1310. The summed E-state index contributed by atoms with van der Waals surface area (Å²) in [7, 11) is 0. The fraction of sp³-hybridized carbons (Fsp3) is 1.00. The first-order chi connectivity index (χ1) is 24.5. The molecule has 7 N–H and O–H groups in total. The monoisotopic (exact) mass is 740 g/mol. The van der Waals surface area contributed by atoms with E-state index < -0.39 is 79.4 Å². The molecule has 298 valence electrons. The lowest BCUT2D eigenvalue weighted by Gasteiger charge is -2.63. The van der Waals surface area contributed by atoms with Gasteiger partial charge in [-0.2, -0.15) is 0 Å². The summed E-state index contributed by atoms with van der Waals surface area (Å²) in [5.41, 5.74) is -0.101. The summed E-state index contributed by atoms with van der Waals surface area (Å²) in [4.78, 5) is 0. The lowest BCUT2D eigenvalue weighted by atomic mass is 9.43. The third-order valence-corrected chi connectivity index (χ3v) is 16.1. The molecule has 52 heavy (non-hydrogen) atoms. The SMILES string of the molecule is CC1COC2(OC3CC4C5CC(O[C@@H]6O[C@H](C)[C@@H](O[C@@H]7O[C@@H](C)[C@H](O)[C@@H](O)[C@H]7O)[C@H](O)[C@H]6O)C6CC(O)CCC6(C)C5CCC4(C)C3C2C)C(O)C1. The van der Waals surface area contributed by atoms with E-state index in [-0.39, 0.29) is 40.8 Å². The number of rotatable bonds is 4. The molecule has 13 nitrogen and oxygen atoms in total. The third-order valence-electron chi connectivity index (χ3n) is 16.1. The molecule has 0 aromatic rings. The Morgan fingerprint density at radius 2 is 1.31 bits per heavy atom. The van der Waals surface area contributed by atoms with Crippen LogP contribution in [0.4, 0.5) is 0 Å². The Morgan fingerprint density at radius 1 is 0.635 bits per heavy atom. The molecule has 14 unspecified atom stereocenters. The number of aliphatic hydroxyl groups is 7. The van der Waals surface area contributed by atoms with Crippen molar-refractivity contribution in [2.75, 3.05) is 6.61 Å². The molecule has 1 spiro atoms. The summed E-state index contributed by atoms with van der Waals surface area (Å²) in [5.74, 6) is 0.823. The second-order valence-corrected chi connectivity index (χ2v) is 18.9. The van der Waals surface area contributed by atoms with Crippen LogP contribution >= 0.6 is 0 Å². The van der Waals surface area contributed by atoms with Crippen molar-refractivity contribution >= 4 is 0 Å². The van der Waals surface area contributed by atoms with Gasteiger partial charge in [0.15, 0.2) is 18.4 Å². The Morgan fingerprint density at radius 3 is 2.04 bits per heavy atom. The van der Waals surface area contributed by atoms with Gasteiger partial charge in [-0.1, -0.05) is 27.7 Å². The van der Waals surface area contributed by atoms with Crippen LogP contribution in [-0.2, 0) is 28.4 Å². The average Bonchev–Trinajstić information content (AvgIpc) is 3.55. The van der Waals surface area contributed by atoms with Gasteiger partial charge < -0.3 is 64.2 Å². The van der Waals surface area contributed by atoms with Crippen LogP contribution in [0.1, 0.15) is 92.9 Å². The Balaban J connectivity index is 1.01. The largest absolute Gasteiger partial charge is 0.393 e. The van der Waals surface area contributed by atoms with E-state index in [2.05, 4.69) is 27.7 Å². The zero-order chi connectivity index (χ0) is 37.2. The minimum Gasteiger partial charge on any atom is -0.393 e. The molecular formula is C39H64O13. The first-order valence-electron chi connectivity index (χ1n) is 20.2. The lowest BCUT2D eigenvalue weighted by Crippen LogP contribution is -2.64. The van der Waals surface area contributed by atoms with Crippen LogP contribution < -0.4 is 0 Å². The van der Waals surface area contributed by atoms with E-state index >= 15 is 0 Å². The van der Waals surface area contributed by atoms with Crippen LogP contribution in [0, 0.1) is 52.3 Å². The fourth-order valence-corrected chi connectivity index (χ4v) is 13.3. The van der Waals surface area contributed by atoms with E-state index in [9.17, 15) is 35.7 Å². The van der Waals surface area contributed by atoms with E-state index in [1.807, 2.05) is 0 Å². The van der Waals surface area contributed by atoms with Crippen molar-refractivity contribution in [2.45, 2.75) is 185 Å². The van der Waals surface area contributed by atoms with E-state index in [0.29, 0.717) is 43.1 Å². The van der Waals surface area contributed by atoms with Gasteiger partial charge in [0.25, 0.3) is 0 Å². The zero-order valence-corrected chi connectivity index (χ0v) is 31.6. The van der Waals surface area contributed by atoms with E-state index in [4.69, 9.17) is 28.4 Å². The highest BCUT2D eigenvalue weighted by molar-refractivity contribution is 5.17. The van der Waals surface area contributed by atoms with Crippen molar-refractivity contribution in [2.24, 2.45) is 52.3 Å². The van der Waals surface area contributed by atoms with Crippen molar-refractivity contribution in [1.82, 2.24) is 0 Å². The van der Waals surface area contributed by atoms with Gasteiger partial charge in [-0.25, -0.2) is 0 Å². The van der Waals surface area contributed by atoms with Gasteiger partial charge >= 0.3 is 0 Å². The van der Waals surface area contributed by atoms with Crippen molar-refractivity contribution < 1.29 is 64.2 Å². The zero-order valence-electron chi connectivity index (χ0n) is 31.6. The molecule has 4 heterocycles. The second kappa shape index (κ2) is 13.6. The minimum atomic E-state index is -1.57. The van der Waals surface area contributed by atoms with E-state index in [0.717, 1.165) is 38.5 Å². The van der Waals surface area contributed by atoms with Gasteiger partial charge in [0.05, 0.1) is 37.1 Å². The van der Waals surface area contributed by atoms with Crippen molar-refractivity contribution in [1.29, 1.82) is 0 Å². The summed E-state index contributed by atoms with van der Waals surface area (Å²) >= 11 is 0. The molecule has 0 radical (unpaired) electrons. The molecule has 8 aliphatic rings. The highest BCUT2D eigenvalue weighted by Crippen LogP contribution is 2.71. The molecule has 0 aromatic heterocycles. The first kappa shape index (κ1) is 38.4. The molecule has 8 rings (SSSR count). The van der Waals surface area contributed by atoms with Crippen LogP contribution in [-0.4, -0.2) is 134 Å². The first-order valence-corrected chi connectivity index (χ1v) is 20.2. The minimum absolute atomic E-state index is 0.000313. The van der Waals surface area contributed by atoms with Gasteiger partial charge in [0.1, 0.15) is 42.7 Å². The molecule has 13 heteroatoms. The second-order valence-electron chi connectivity index (χ2n) is 18.9. The highest BCUT2D eigenvalue weighted by Gasteiger charge is 2.71. The van der Waals surface area contributed by atoms with Crippen molar-refractivity contribution in [3.8, 4) is 0 Å². The van der Waals surface area contributed by atoms with Crippen LogP contribution in [0.2, 0.25) is 0 Å². The summed E-state index contributed by atoms with van der Waals surface area (Å²) < 4.78 is 37.8. The third kappa shape index (κ3) is 5.73. The summed E-state index contributed by atoms with van der Waals surface area (Å²) in [6, 6.07) is 0. The molecule has 0 aromatic carbocycles. The van der Waals surface area contributed by atoms with Crippen LogP contribution in [0.3, 0.4) is 0 Å². The molecule has 0 bridgehead atoms. The number of fused-ring (bicyclic) bond motifs is 7. The van der Waals surface area contributed by atoms with E-state index in [1.165, 1.54) is 0 Å². The smallest absolute Gasteiger partial charge is 0.197 e. The summed E-state index contributed by atoms with van der Waals surface area (Å²) in [6.07, 6.45) is -7.28. The van der Waals surface area contributed by atoms with Gasteiger partial charge in [0.2, 0.25) is 0 Å². The molecule has 4 aliphatic carbocycles. The maximum absolute atomic E-state index is 11.5. The fourth-order valence-electron chi connectivity index (χ4n) is 13.3. The average molecular weight is 741 g/mol. The van der Waals surface area contributed by atoms with Gasteiger partial charge in [-0.15, -0.1) is 0 Å². The highest BCUT2D eigenvalue weighted by atomic mass is 16.7. The van der Waals surface area contributed by atoms with Gasteiger partial charge in [-0.05, 0) is 112 Å². The van der Waals surface area contributed by atoms with Crippen LogP contribution in [0.15, 0.2) is 0 Å². The topological polar surface area (TPSA) is 197 Å².